The summed E-state index contributed by atoms with van der Waals surface area (Å²) in [5, 5.41) is 15.5. The molecule has 1 N–H and O–H groups in total. The molecular weight excluding hydrogens is 252 g/mol. The van der Waals surface area contributed by atoms with Crippen LogP contribution in [0.3, 0.4) is 0 Å². The molecule has 0 bridgehead atoms. The first-order valence-electron chi connectivity index (χ1n) is 7.92. The zero-order valence-electron chi connectivity index (χ0n) is 13.0. The van der Waals surface area contributed by atoms with Crippen LogP contribution in [0.25, 0.3) is 0 Å². The van der Waals surface area contributed by atoms with Crippen LogP contribution in [0.5, 0.6) is 0 Å². The molecule has 4 heteroatoms. The average molecular weight is 280 g/mol. The minimum absolute atomic E-state index is 0.0606. The van der Waals surface area contributed by atoms with Crippen molar-refractivity contribution < 1.29 is 9.84 Å². The monoisotopic (exact) mass is 280 g/mol. The van der Waals surface area contributed by atoms with Crippen molar-refractivity contribution in [3.05, 3.63) is 18.0 Å². The molecule has 0 spiro atoms. The minimum Gasteiger partial charge on any atom is -0.387 e. The summed E-state index contributed by atoms with van der Waals surface area (Å²) in [7, 11) is 1.70. The maximum atomic E-state index is 10.9. The second-order valence-electron chi connectivity index (χ2n) is 6.01. The van der Waals surface area contributed by atoms with Gasteiger partial charge in [0.1, 0.15) is 0 Å². The van der Waals surface area contributed by atoms with E-state index in [1.54, 1.807) is 7.11 Å². The molecular formula is C16H28N2O2. The summed E-state index contributed by atoms with van der Waals surface area (Å²) in [6.07, 6.45) is 8.72. The Balaban J connectivity index is 2.08. The first-order valence-corrected chi connectivity index (χ1v) is 7.92. The average Bonchev–Trinajstić information content (AvgIpc) is 2.88. The molecule has 0 aromatic carbocycles. The van der Waals surface area contributed by atoms with Gasteiger partial charge in [0, 0.05) is 19.7 Å². The number of aliphatic hydroxyl groups is 1. The molecule has 2 unspecified atom stereocenters. The topological polar surface area (TPSA) is 47.3 Å². The van der Waals surface area contributed by atoms with Crippen LogP contribution >= 0.6 is 0 Å². The molecule has 1 aliphatic rings. The largest absolute Gasteiger partial charge is 0.387 e. The summed E-state index contributed by atoms with van der Waals surface area (Å²) in [5.41, 5.74) is 0.225. The third-order valence-corrected chi connectivity index (χ3v) is 4.68. The Morgan fingerprint density at radius 3 is 2.85 bits per heavy atom. The molecule has 4 nitrogen and oxygen atoms in total. The smallest absolute Gasteiger partial charge is 0.0963 e. The van der Waals surface area contributed by atoms with Gasteiger partial charge in [0.05, 0.1) is 23.4 Å². The molecule has 0 aliphatic heterocycles. The summed E-state index contributed by atoms with van der Waals surface area (Å²) >= 11 is 0. The van der Waals surface area contributed by atoms with Gasteiger partial charge in [-0.05, 0) is 31.7 Å². The van der Waals surface area contributed by atoms with E-state index in [2.05, 4.69) is 18.9 Å². The molecule has 1 saturated carbocycles. The summed E-state index contributed by atoms with van der Waals surface area (Å²) in [4.78, 5) is 0. The number of hydrogen-bond donors (Lipinski definition) is 1. The maximum Gasteiger partial charge on any atom is 0.0963 e. The van der Waals surface area contributed by atoms with Crippen LogP contribution < -0.4 is 0 Å². The van der Waals surface area contributed by atoms with Crippen molar-refractivity contribution in [1.29, 1.82) is 0 Å². The highest BCUT2D eigenvalue weighted by atomic mass is 16.5. The van der Waals surface area contributed by atoms with Crippen molar-refractivity contribution in [1.82, 2.24) is 9.78 Å². The Morgan fingerprint density at radius 2 is 2.20 bits per heavy atom. The zero-order valence-corrected chi connectivity index (χ0v) is 13.0. The molecule has 1 heterocycles. The fourth-order valence-corrected chi connectivity index (χ4v) is 3.38. The van der Waals surface area contributed by atoms with E-state index in [9.17, 15) is 5.11 Å². The highest BCUT2D eigenvalue weighted by Gasteiger charge is 2.39. The van der Waals surface area contributed by atoms with Gasteiger partial charge in [0.15, 0.2) is 0 Å². The van der Waals surface area contributed by atoms with Gasteiger partial charge in [0.25, 0.3) is 0 Å². The Kier molecular flexibility index (Phi) is 5.22. The molecule has 0 saturated heterocycles. The van der Waals surface area contributed by atoms with Crippen molar-refractivity contribution in [3.63, 3.8) is 0 Å². The van der Waals surface area contributed by atoms with E-state index in [-0.39, 0.29) is 6.10 Å². The Labute approximate surface area is 122 Å². The van der Waals surface area contributed by atoms with E-state index in [0.29, 0.717) is 12.5 Å². The van der Waals surface area contributed by atoms with Crippen molar-refractivity contribution in [3.8, 4) is 0 Å². The van der Waals surface area contributed by atoms with E-state index in [4.69, 9.17) is 4.74 Å². The summed E-state index contributed by atoms with van der Waals surface area (Å²) in [6.45, 7) is 4.37. The second-order valence-corrected chi connectivity index (χ2v) is 6.01. The standard InChI is InChI=1S/C16H28N2O2/c1-4-14(5-2)18-11-9-13(17-18)12-16(19)10-7-6-8-15(16)20-3/h9,11,14-15,19H,4-8,10,12H2,1-3H3. The normalized spacial score (nSPS) is 27.1. The van der Waals surface area contributed by atoms with Crippen molar-refractivity contribution in [2.24, 2.45) is 0 Å². The highest BCUT2D eigenvalue weighted by molar-refractivity contribution is 5.07. The number of methoxy groups -OCH3 is 1. The van der Waals surface area contributed by atoms with Crippen molar-refractivity contribution >= 4 is 0 Å². The fraction of sp³-hybridized carbons (Fsp3) is 0.812. The SMILES string of the molecule is CCC(CC)n1ccc(CC2(O)CCCCC2OC)n1. The summed E-state index contributed by atoms with van der Waals surface area (Å²) in [5.74, 6) is 0. The molecule has 1 fully saturated rings. The summed E-state index contributed by atoms with van der Waals surface area (Å²) in [6, 6.07) is 2.50. The Morgan fingerprint density at radius 1 is 1.45 bits per heavy atom. The van der Waals surface area contributed by atoms with Crippen LogP contribution in [-0.2, 0) is 11.2 Å². The molecule has 114 valence electrons. The first kappa shape index (κ1) is 15.5. The quantitative estimate of drug-likeness (QED) is 0.871. The van der Waals surface area contributed by atoms with Crippen LogP contribution in [0, 0.1) is 0 Å². The minimum atomic E-state index is -0.750. The van der Waals surface area contributed by atoms with E-state index in [0.717, 1.165) is 44.2 Å². The fourth-order valence-electron chi connectivity index (χ4n) is 3.38. The molecule has 2 atom stereocenters. The first-order chi connectivity index (χ1) is 9.62. The van der Waals surface area contributed by atoms with Crippen LogP contribution in [0.4, 0.5) is 0 Å². The predicted octanol–water partition coefficient (Wildman–Crippen LogP) is 3.11. The lowest BCUT2D eigenvalue weighted by molar-refractivity contribution is -0.116. The lowest BCUT2D eigenvalue weighted by Crippen LogP contribution is -2.47. The van der Waals surface area contributed by atoms with Gasteiger partial charge in [0.2, 0.25) is 0 Å². The van der Waals surface area contributed by atoms with Crippen LogP contribution in [0.2, 0.25) is 0 Å². The van der Waals surface area contributed by atoms with Gasteiger partial charge in [-0.3, -0.25) is 4.68 Å². The molecule has 1 aliphatic carbocycles. The molecule has 0 amide bonds. The van der Waals surface area contributed by atoms with Gasteiger partial charge in [-0.2, -0.15) is 5.10 Å². The molecule has 20 heavy (non-hydrogen) atoms. The maximum absolute atomic E-state index is 10.9. The number of aromatic nitrogens is 2. The third kappa shape index (κ3) is 3.23. The number of nitrogens with zero attached hydrogens (tertiary/aromatic N) is 2. The molecule has 2 rings (SSSR count). The molecule has 0 radical (unpaired) electrons. The number of rotatable bonds is 6. The number of hydrogen-bond acceptors (Lipinski definition) is 3. The van der Waals surface area contributed by atoms with Gasteiger partial charge in [-0.25, -0.2) is 0 Å². The van der Waals surface area contributed by atoms with Crippen molar-refractivity contribution in [2.45, 2.75) is 76.5 Å². The molecule has 1 aromatic rings. The van der Waals surface area contributed by atoms with Gasteiger partial charge in [-0.1, -0.05) is 26.7 Å². The lowest BCUT2D eigenvalue weighted by Gasteiger charge is -2.38. The van der Waals surface area contributed by atoms with Crippen molar-refractivity contribution in [2.75, 3.05) is 7.11 Å². The van der Waals surface area contributed by atoms with E-state index < -0.39 is 5.60 Å². The third-order valence-electron chi connectivity index (χ3n) is 4.68. The van der Waals surface area contributed by atoms with Gasteiger partial charge >= 0.3 is 0 Å². The highest BCUT2D eigenvalue weighted by Crippen LogP contribution is 2.33. The van der Waals surface area contributed by atoms with Gasteiger partial charge in [-0.15, -0.1) is 0 Å². The number of ether oxygens (including phenoxy) is 1. The molecule has 1 aromatic heterocycles. The summed E-state index contributed by atoms with van der Waals surface area (Å²) < 4.78 is 7.54. The van der Waals surface area contributed by atoms with E-state index >= 15 is 0 Å². The second kappa shape index (κ2) is 6.72. The predicted molar refractivity (Wildman–Crippen MR) is 79.8 cm³/mol. The Hall–Kier alpha value is -0.870. The Bertz CT molecular complexity index is 414. The van der Waals surface area contributed by atoms with Gasteiger partial charge < -0.3 is 9.84 Å². The lowest BCUT2D eigenvalue weighted by atomic mass is 9.79. The van der Waals surface area contributed by atoms with Crippen LogP contribution in [0.15, 0.2) is 12.3 Å². The van der Waals surface area contributed by atoms with E-state index in [1.807, 2.05) is 16.9 Å². The van der Waals surface area contributed by atoms with Crippen LogP contribution in [0.1, 0.15) is 64.1 Å². The van der Waals surface area contributed by atoms with E-state index in [1.165, 1.54) is 0 Å². The zero-order chi connectivity index (χ0) is 14.6. The van der Waals surface area contributed by atoms with Crippen LogP contribution in [-0.4, -0.2) is 33.7 Å².